The van der Waals surface area contributed by atoms with Crippen molar-refractivity contribution in [2.75, 3.05) is 5.73 Å². The summed E-state index contributed by atoms with van der Waals surface area (Å²) in [5.74, 6) is 8.00. The number of rotatable bonds is 5. The van der Waals surface area contributed by atoms with Crippen LogP contribution >= 0.6 is 46.4 Å². The van der Waals surface area contributed by atoms with E-state index in [0.717, 1.165) is 11.1 Å². The van der Waals surface area contributed by atoms with E-state index < -0.39 is 4.92 Å². The van der Waals surface area contributed by atoms with Crippen molar-refractivity contribution in [3.05, 3.63) is 136 Å². The Kier molecular flexibility index (Phi) is 11.7. The Labute approximate surface area is 274 Å². The molecule has 4 heterocycles. The van der Waals surface area contributed by atoms with Gasteiger partial charge in [0, 0.05) is 6.07 Å². The van der Waals surface area contributed by atoms with Gasteiger partial charge in [-0.2, -0.15) is 10.2 Å². The van der Waals surface area contributed by atoms with E-state index in [1.54, 1.807) is 42.6 Å². The normalized spacial score (nSPS) is 10.4. The molecule has 0 radical (unpaired) electrons. The molecule has 0 bridgehead atoms. The van der Waals surface area contributed by atoms with Crippen LogP contribution in [0.3, 0.4) is 0 Å². The highest BCUT2D eigenvalue weighted by molar-refractivity contribution is 6.42. The molecule has 0 unspecified atom stereocenters. The highest BCUT2D eigenvalue weighted by Crippen LogP contribution is 2.24. The number of aromatic nitrogens is 6. The maximum Gasteiger partial charge on any atom is 0.289 e. The Morgan fingerprint density at radius 3 is 1.60 bits per heavy atom. The van der Waals surface area contributed by atoms with E-state index in [4.69, 9.17) is 52.1 Å². The molecule has 2 aromatic carbocycles. The van der Waals surface area contributed by atoms with Gasteiger partial charge in [0.25, 0.3) is 16.8 Å². The standard InChI is InChI=1S/C13H8Cl2N4O3.C13H10Cl2N4O.CH4.H4N2/c14-10-2-1-8(3-11(10)15)5-17-7-16-18-6-9(19(21)22)4-12(18)13(17)20;14-10-2-1-8(3-11(10)15)5-18-7-17-19-6-9(16)4-12(19)13(18)20;;1-2/h1-4,6-7H,5H2;1-4,6-7H,5,16H2;1H4;1-2H2. The van der Waals surface area contributed by atoms with Crippen LogP contribution in [0.25, 0.3) is 11.0 Å². The Bertz CT molecular complexity index is 2110. The lowest BCUT2D eigenvalue weighted by Crippen LogP contribution is -2.23. The van der Waals surface area contributed by atoms with Crippen molar-refractivity contribution in [1.29, 1.82) is 0 Å². The lowest BCUT2D eigenvalue weighted by molar-refractivity contribution is -0.384. The van der Waals surface area contributed by atoms with Gasteiger partial charge in [-0.25, -0.2) is 9.03 Å². The molecule has 0 aliphatic carbocycles. The fourth-order valence-corrected chi connectivity index (χ4v) is 4.69. The van der Waals surface area contributed by atoms with E-state index in [2.05, 4.69) is 21.9 Å². The summed E-state index contributed by atoms with van der Waals surface area (Å²) in [5.41, 5.74) is 7.64. The van der Waals surface area contributed by atoms with Gasteiger partial charge in [0.15, 0.2) is 0 Å². The van der Waals surface area contributed by atoms with Crippen LogP contribution in [-0.2, 0) is 13.1 Å². The van der Waals surface area contributed by atoms with E-state index in [-0.39, 0.29) is 36.3 Å². The number of hydrogen-bond donors (Lipinski definition) is 3. The first kappa shape index (κ1) is 35.0. The lowest BCUT2D eigenvalue weighted by Gasteiger charge is -2.06. The molecule has 45 heavy (non-hydrogen) atoms. The van der Waals surface area contributed by atoms with Crippen molar-refractivity contribution in [3.63, 3.8) is 0 Å². The van der Waals surface area contributed by atoms with Crippen LogP contribution in [0.2, 0.25) is 20.1 Å². The molecule has 0 aliphatic heterocycles. The predicted molar refractivity (Wildman–Crippen MR) is 176 cm³/mol. The monoisotopic (exact) mass is 694 g/mol. The second-order valence-electron chi connectivity index (χ2n) is 9.01. The number of halogens is 4. The fraction of sp³-hybridized carbons (Fsp3) is 0.111. The first-order valence-corrected chi connectivity index (χ1v) is 13.8. The summed E-state index contributed by atoms with van der Waals surface area (Å²) in [4.78, 5) is 34.8. The third kappa shape index (κ3) is 7.99. The van der Waals surface area contributed by atoms with E-state index in [9.17, 15) is 19.7 Å². The zero-order valence-corrected chi connectivity index (χ0v) is 25.4. The van der Waals surface area contributed by atoms with Crippen molar-refractivity contribution >= 4 is 68.8 Å². The summed E-state index contributed by atoms with van der Waals surface area (Å²) in [6.45, 7) is 0.600. The number of anilines is 1. The summed E-state index contributed by atoms with van der Waals surface area (Å²) in [6.07, 6.45) is 5.58. The van der Waals surface area contributed by atoms with Crippen molar-refractivity contribution in [2.45, 2.75) is 20.5 Å². The summed E-state index contributed by atoms with van der Waals surface area (Å²) in [6, 6.07) is 13.1. The van der Waals surface area contributed by atoms with Gasteiger partial charge in [-0.1, -0.05) is 66.0 Å². The third-order valence-corrected chi connectivity index (χ3v) is 7.56. The molecule has 236 valence electrons. The molecule has 6 N–H and O–H groups in total. The summed E-state index contributed by atoms with van der Waals surface area (Å²) < 4.78 is 5.49. The molecule has 0 saturated carbocycles. The molecule has 6 rings (SSSR count). The van der Waals surface area contributed by atoms with Crippen LogP contribution in [0.5, 0.6) is 0 Å². The van der Waals surface area contributed by atoms with Crippen LogP contribution in [0, 0.1) is 10.1 Å². The molecule has 0 amide bonds. The first-order chi connectivity index (χ1) is 21.0. The van der Waals surface area contributed by atoms with Gasteiger partial charge < -0.3 is 5.73 Å². The number of nitrogens with two attached hydrogens (primary N) is 3. The third-order valence-electron chi connectivity index (χ3n) is 6.08. The van der Waals surface area contributed by atoms with Crippen molar-refractivity contribution < 1.29 is 4.92 Å². The molecule has 0 saturated heterocycles. The van der Waals surface area contributed by atoms with Crippen LogP contribution in [-0.4, -0.2) is 33.3 Å². The SMILES string of the molecule is C.NN.Nc1cc2c(=O)n(Cc3ccc(Cl)c(Cl)c3)cnn2c1.O=c1c2cc([N+](=O)[O-])cn2ncn1Cc1ccc(Cl)c(Cl)c1. The van der Waals surface area contributed by atoms with Gasteiger partial charge in [0.05, 0.1) is 50.0 Å². The maximum absolute atomic E-state index is 12.3. The van der Waals surface area contributed by atoms with Gasteiger partial charge in [0.1, 0.15) is 29.9 Å². The summed E-state index contributed by atoms with van der Waals surface area (Å²) in [7, 11) is 0. The van der Waals surface area contributed by atoms with Crippen LogP contribution < -0.4 is 28.5 Å². The second kappa shape index (κ2) is 15.0. The largest absolute Gasteiger partial charge is 0.397 e. The average molecular weight is 696 g/mol. The van der Waals surface area contributed by atoms with E-state index >= 15 is 0 Å². The highest BCUT2D eigenvalue weighted by Gasteiger charge is 2.14. The molecular formula is C27H26Cl4N10O4. The first-order valence-electron chi connectivity index (χ1n) is 12.3. The quantitative estimate of drug-likeness (QED) is 0.130. The molecule has 4 aromatic heterocycles. The number of hydrazine groups is 1. The van der Waals surface area contributed by atoms with Crippen molar-refractivity contribution in [1.82, 2.24) is 28.4 Å². The molecular weight excluding hydrogens is 670 g/mol. The van der Waals surface area contributed by atoms with Gasteiger partial charge in [0.2, 0.25) is 0 Å². The minimum absolute atomic E-state index is 0. The van der Waals surface area contributed by atoms with Gasteiger partial charge in [-0.05, 0) is 41.5 Å². The Hall–Kier alpha value is -4.44. The molecule has 18 heteroatoms. The lowest BCUT2D eigenvalue weighted by atomic mass is 10.2. The second-order valence-corrected chi connectivity index (χ2v) is 10.6. The number of benzene rings is 2. The Balaban J connectivity index is 0.000000229. The van der Waals surface area contributed by atoms with Gasteiger partial charge in [-0.3, -0.25) is 40.5 Å². The summed E-state index contributed by atoms with van der Waals surface area (Å²) in [5, 5.41) is 20.6. The van der Waals surface area contributed by atoms with Gasteiger partial charge in [-0.15, -0.1) is 0 Å². The van der Waals surface area contributed by atoms with E-state index in [0.29, 0.717) is 37.8 Å². The highest BCUT2D eigenvalue weighted by atomic mass is 35.5. The number of nitro groups is 1. The minimum atomic E-state index is -0.572. The average Bonchev–Trinajstić information content (AvgIpc) is 3.62. The van der Waals surface area contributed by atoms with Gasteiger partial charge >= 0.3 is 0 Å². The zero-order valence-electron chi connectivity index (χ0n) is 22.3. The topological polar surface area (TPSA) is 200 Å². The van der Waals surface area contributed by atoms with Crippen LogP contribution in [0.15, 0.2) is 83.2 Å². The Morgan fingerprint density at radius 1 is 0.711 bits per heavy atom. The summed E-state index contributed by atoms with van der Waals surface area (Å²) >= 11 is 23.6. The van der Waals surface area contributed by atoms with Crippen molar-refractivity contribution in [2.24, 2.45) is 11.7 Å². The fourth-order valence-electron chi connectivity index (χ4n) is 4.05. The molecule has 0 atom stereocenters. The van der Waals surface area contributed by atoms with E-state index in [1.165, 1.54) is 43.1 Å². The predicted octanol–water partition coefficient (Wildman–Crippen LogP) is 4.65. The number of fused-ring (bicyclic) bond motifs is 2. The molecule has 14 nitrogen and oxygen atoms in total. The zero-order chi connectivity index (χ0) is 32.1. The maximum atomic E-state index is 12.3. The molecule has 0 fully saturated rings. The molecule has 6 aromatic rings. The Morgan fingerprint density at radius 2 is 1.16 bits per heavy atom. The molecule has 0 aliphatic rings. The van der Waals surface area contributed by atoms with Crippen molar-refractivity contribution in [3.8, 4) is 0 Å². The minimum Gasteiger partial charge on any atom is -0.397 e. The van der Waals surface area contributed by atoms with Crippen LogP contribution in [0.4, 0.5) is 11.4 Å². The smallest absolute Gasteiger partial charge is 0.289 e. The number of nitrogen functional groups attached to an aromatic ring is 1. The van der Waals surface area contributed by atoms with E-state index in [1.807, 2.05) is 6.07 Å². The van der Waals surface area contributed by atoms with Crippen LogP contribution in [0.1, 0.15) is 18.6 Å². The molecule has 0 spiro atoms. The number of nitrogens with zero attached hydrogens (tertiary/aromatic N) is 7. The number of hydrogen-bond acceptors (Lipinski definition) is 9.